The number of anilines is 2. The molecule has 2 aromatic carbocycles. The Morgan fingerprint density at radius 1 is 1.04 bits per heavy atom. The van der Waals surface area contributed by atoms with E-state index >= 15 is 0 Å². The molecule has 0 atom stereocenters. The number of nitrogens with zero attached hydrogens (tertiary/aromatic N) is 4. The number of hydrogen-bond donors (Lipinski definition) is 1. The summed E-state index contributed by atoms with van der Waals surface area (Å²) in [6.07, 6.45) is 3.10. The SMILES string of the molecule is Fc1cccc(Nc2ncnc3c2cnn3-c2cccc(Cl)c2)c1. The quantitative estimate of drug-likeness (QED) is 0.603. The van der Waals surface area contributed by atoms with Crippen molar-refractivity contribution in [3.8, 4) is 5.69 Å². The first kappa shape index (κ1) is 14.6. The number of rotatable bonds is 3. The van der Waals surface area contributed by atoms with E-state index < -0.39 is 0 Å². The lowest BCUT2D eigenvalue weighted by Gasteiger charge is -2.07. The van der Waals surface area contributed by atoms with Crippen LogP contribution in [0.1, 0.15) is 0 Å². The summed E-state index contributed by atoms with van der Waals surface area (Å²) in [4.78, 5) is 8.53. The zero-order chi connectivity index (χ0) is 16.5. The van der Waals surface area contributed by atoms with Crippen molar-refractivity contribution in [3.63, 3.8) is 0 Å². The van der Waals surface area contributed by atoms with Crippen LogP contribution >= 0.6 is 11.6 Å². The van der Waals surface area contributed by atoms with Gasteiger partial charge < -0.3 is 5.32 Å². The van der Waals surface area contributed by atoms with E-state index in [0.29, 0.717) is 22.2 Å². The highest BCUT2D eigenvalue weighted by molar-refractivity contribution is 6.30. The van der Waals surface area contributed by atoms with E-state index in [2.05, 4.69) is 20.4 Å². The van der Waals surface area contributed by atoms with Crippen LogP contribution in [0.25, 0.3) is 16.7 Å². The summed E-state index contributed by atoms with van der Waals surface area (Å²) in [5, 5.41) is 8.80. The number of halogens is 2. The molecule has 0 spiro atoms. The molecule has 4 aromatic rings. The fourth-order valence-corrected chi connectivity index (χ4v) is 2.63. The summed E-state index contributed by atoms with van der Waals surface area (Å²) in [7, 11) is 0. The first-order valence-electron chi connectivity index (χ1n) is 7.18. The molecule has 0 saturated carbocycles. The lowest BCUT2D eigenvalue weighted by atomic mass is 10.3. The average Bonchev–Trinajstić information content (AvgIpc) is 3.00. The van der Waals surface area contributed by atoms with Crippen LogP contribution in [0, 0.1) is 5.82 Å². The van der Waals surface area contributed by atoms with Crippen LogP contribution in [-0.2, 0) is 0 Å². The number of hydrogen-bond acceptors (Lipinski definition) is 4. The van der Waals surface area contributed by atoms with Gasteiger partial charge in [0.25, 0.3) is 0 Å². The molecular formula is C17H11ClFN5. The van der Waals surface area contributed by atoms with Gasteiger partial charge in [0.15, 0.2) is 5.65 Å². The summed E-state index contributed by atoms with van der Waals surface area (Å²) in [5.41, 5.74) is 2.03. The lowest BCUT2D eigenvalue weighted by Crippen LogP contribution is -1.99. The number of nitrogens with one attached hydrogen (secondary N) is 1. The van der Waals surface area contributed by atoms with Crippen LogP contribution in [0.15, 0.2) is 61.1 Å². The van der Waals surface area contributed by atoms with Crippen molar-refractivity contribution >= 4 is 34.1 Å². The van der Waals surface area contributed by atoms with Crippen LogP contribution in [0.5, 0.6) is 0 Å². The summed E-state index contributed by atoms with van der Waals surface area (Å²) >= 11 is 6.04. The predicted octanol–water partition coefficient (Wildman–Crippen LogP) is 4.35. The molecular weight excluding hydrogens is 329 g/mol. The van der Waals surface area contributed by atoms with Gasteiger partial charge in [-0.1, -0.05) is 23.7 Å². The highest BCUT2D eigenvalue weighted by Gasteiger charge is 2.11. The molecule has 0 aliphatic rings. The van der Waals surface area contributed by atoms with Gasteiger partial charge >= 0.3 is 0 Å². The van der Waals surface area contributed by atoms with Crippen LogP contribution in [0.3, 0.4) is 0 Å². The Bertz CT molecular complexity index is 1030. The van der Waals surface area contributed by atoms with Crippen molar-refractivity contribution < 1.29 is 4.39 Å². The van der Waals surface area contributed by atoms with Crippen molar-refractivity contribution in [1.82, 2.24) is 19.7 Å². The number of benzene rings is 2. The maximum atomic E-state index is 13.3. The maximum Gasteiger partial charge on any atom is 0.168 e. The summed E-state index contributed by atoms with van der Waals surface area (Å²) in [5.74, 6) is 0.235. The molecule has 5 nitrogen and oxygen atoms in total. The van der Waals surface area contributed by atoms with Crippen molar-refractivity contribution in [1.29, 1.82) is 0 Å². The Hall–Kier alpha value is -2.99. The highest BCUT2D eigenvalue weighted by Crippen LogP contribution is 2.25. The van der Waals surface area contributed by atoms with Gasteiger partial charge in [0.05, 0.1) is 17.3 Å². The average molecular weight is 340 g/mol. The van der Waals surface area contributed by atoms with Gasteiger partial charge in [-0.25, -0.2) is 19.0 Å². The Kier molecular flexibility index (Phi) is 3.59. The second-order valence-electron chi connectivity index (χ2n) is 5.13. The van der Waals surface area contributed by atoms with Crippen molar-refractivity contribution in [2.24, 2.45) is 0 Å². The van der Waals surface area contributed by atoms with E-state index in [4.69, 9.17) is 11.6 Å². The molecule has 0 amide bonds. The van der Waals surface area contributed by atoms with E-state index in [9.17, 15) is 4.39 Å². The van der Waals surface area contributed by atoms with Crippen LogP contribution in [-0.4, -0.2) is 19.7 Å². The second kappa shape index (κ2) is 5.90. The summed E-state index contributed by atoms with van der Waals surface area (Å²) in [6.45, 7) is 0. The molecule has 4 rings (SSSR count). The molecule has 0 aliphatic heterocycles. The van der Waals surface area contributed by atoms with Crippen LogP contribution in [0.2, 0.25) is 5.02 Å². The molecule has 0 unspecified atom stereocenters. The molecule has 24 heavy (non-hydrogen) atoms. The smallest absolute Gasteiger partial charge is 0.168 e. The molecule has 118 valence electrons. The van der Waals surface area contributed by atoms with Crippen molar-refractivity contribution in [2.75, 3.05) is 5.32 Å². The molecule has 0 radical (unpaired) electrons. The maximum absolute atomic E-state index is 13.3. The zero-order valence-corrected chi connectivity index (χ0v) is 13.1. The minimum atomic E-state index is -0.320. The topological polar surface area (TPSA) is 55.6 Å². The van der Waals surface area contributed by atoms with Gasteiger partial charge in [0, 0.05) is 10.7 Å². The van der Waals surface area contributed by atoms with E-state index in [0.717, 1.165) is 11.1 Å². The molecule has 2 aromatic heterocycles. The Morgan fingerprint density at radius 3 is 2.75 bits per heavy atom. The highest BCUT2D eigenvalue weighted by atomic mass is 35.5. The Labute approximate surface area is 141 Å². The molecule has 7 heteroatoms. The van der Waals surface area contributed by atoms with Gasteiger partial charge in [-0.2, -0.15) is 5.10 Å². The van der Waals surface area contributed by atoms with E-state index in [1.54, 1.807) is 35.1 Å². The second-order valence-corrected chi connectivity index (χ2v) is 5.57. The third-order valence-electron chi connectivity index (χ3n) is 3.51. The van der Waals surface area contributed by atoms with E-state index in [1.807, 2.05) is 12.1 Å². The monoisotopic (exact) mass is 339 g/mol. The largest absolute Gasteiger partial charge is 0.339 e. The number of aromatic nitrogens is 4. The zero-order valence-electron chi connectivity index (χ0n) is 12.3. The molecule has 1 N–H and O–H groups in total. The Morgan fingerprint density at radius 2 is 1.92 bits per heavy atom. The lowest BCUT2D eigenvalue weighted by molar-refractivity contribution is 0.628. The minimum absolute atomic E-state index is 0.320. The first-order valence-corrected chi connectivity index (χ1v) is 7.56. The molecule has 0 fully saturated rings. The summed E-state index contributed by atoms with van der Waals surface area (Å²) < 4.78 is 15.0. The Balaban J connectivity index is 1.79. The van der Waals surface area contributed by atoms with Gasteiger partial charge in [0.1, 0.15) is 18.0 Å². The van der Waals surface area contributed by atoms with E-state index in [-0.39, 0.29) is 5.82 Å². The van der Waals surface area contributed by atoms with Gasteiger partial charge in [-0.05, 0) is 36.4 Å². The van der Waals surface area contributed by atoms with Gasteiger partial charge in [-0.15, -0.1) is 0 Å². The predicted molar refractivity (Wildman–Crippen MR) is 91.4 cm³/mol. The van der Waals surface area contributed by atoms with Crippen LogP contribution < -0.4 is 5.32 Å². The summed E-state index contributed by atoms with van der Waals surface area (Å²) in [6, 6.07) is 13.5. The minimum Gasteiger partial charge on any atom is -0.339 e. The standard InChI is InChI=1S/C17H11ClFN5/c18-11-3-1-6-14(7-11)24-17-15(9-22-24)16(20-10-21-17)23-13-5-2-4-12(19)8-13/h1-10H,(H,20,21,23). The number of fused-ring (bicyclic) bond motifs is 1. The van der Waals surface area contributed by atoms with Crippen molar-refractivity contribution in [2.45, 2.75) is 0 Å². The molecule has 0 saturated heterocycles. The van der Waals surface area contributed by atoms with Crippen molar-refractivity contribution in [3.05, 3.63) is 71.9 Å². The first-order chi connectivity index (χ1) is 11.7. The third kappa shape index (κ3) is 2.68. The molecule has 0 bridgehead atoms. The van der Waals surface area contributed by atoms with Gasteiger partial charge in [0.2, 0.25) is 0 Å². The normalized spacial score (nSPS) is 10.9. The molecule has 2 heterocycles. The molecule has 0 aliphatic carbocycles. The van der Waals surface area contributed by atoms with Gasteiger partial charge in [-0.3, -0.25) is 0 Å². The van der Waals surface area contributed by atoms with E-state index in [1.165, 1.54) is 18.5 Å². The third-order valence-corrected chi connectivity index (χ3v) is 3.74. The fourth-order valence-electron chi connectivity index (χ4n) is 2.44. The van der Waals surface area contributed by atoms with Crippen LogP contribution in [0.4, 0.5) is 15.9 Å². The fraction of sp³-hybridized carbons (Fsp3) is 0.